The topological polar surface area (TPSA) is 77.2 Å². The first-order valence-corrected chi connectivity index (χ1v) is 6.77. The second-order valence-corrected chi connectivity index (χ2v) is 4.61. The summed E-state index contributed by atoms with van der Waals surface area (Å²) in [6.07, 6.45) is 2.36. The Bertz CT molecular complexity index is 597. The van der Waals surface area contributed by atoms with Crippen LogP contribution in [-0.2, 0) is 17.7 Å². The standard InChI is InChI=1S/C16H19N3O2/c1-21-9-8-13-4-2-3-5-14(13)19-16(20)15-7-6-12(10-17)11-18-15/h2-7,11H,8-10,17H2,1H3,(H,19,20). The highest BCUT2D eigenvalue weighted by molar-refractivity contribution is 6.03. The van der Waals surface area contributed by atoms with Crippen LogP contribution >= 0.6 is 0 Å². The molecule has 0 unspecified atom stereocenters. The number of carbonyl (C=O) groups is 1. The molecular weight excluding hydrogens is 266 g/mol. The molecular formula is C16H19N3O2. The predicted octanol–water partition coefficient (Wildman–Crippen LogP) is 1.98. The number of nitrogens with one attached hydrogen (secondary N) is 1. The molecule has 0 aliphatic carbocycles. The molecule has 2 aromatic rings. The number of benzene rings is 1. The second kappa shape index (κ2) is 7.52. The summed E-state index contributed by atoms with van der Waals surface area (Å²) in [6.45, 7) is 1.02. The van der Waals surface area contributed by atoms with Gasteiger partial charge in [0.05, 0.1) is 6.61 Å². The molecule has 0 aliphatic rings. The van der Waals surface area contributed by atoms with E-state index in [-0.39, 0.29) is 5.91 Å². The van der Waals surface area contributed by atoms with Gasteiger partial charge in [-0.15, -0.1) is 0 Å². The van der Waals surface area contributed by atoms with Crippen LogP contribution in [-0.4, -0.2) is 24.6 Å². The van der Waals surface area contributed by atoms with E-state index in [0.29, 0.717) is 18.8 Å². The largest absolute Gasteiger partial charge is 0.384 e. The maximum atomic E-state index is 12.2. The number of amides is 1. The molecule has 5 heteroatoms. The van der Waals surface area contributed by atoms with E-state index in [9.17, 15) is 4.79 Å². The van der Waals surface area contributed by atoms with Crippen molar-refractivity contribution in [3.63, 3.8) is 0 Å². The molecule has 1 aromatic heterocycles. The van der Waals surface area contributed by atoms with Gasteiger partial charge < -0.3 is 15.8 Å². The number of carbonyl (C=O) groups excluding carboxylic acids is 1. The van der Waals surface area contributed by atoms with E-state index in [1.807, 2.05) is 24.3 Å². The Labute approximate surface area is 124 Å². The average molecular weight is 285 g/mol. The molecule has 0 saturated heterocycles. The fourth-order valence-corrected chi connectivity index (χ4v) is 1.94. The summed E-state index contributed by atoms with van der Waals surface area (Å²) in [5, 5.41) is 2.88. The van der Waals surface area contributed by atoms with Gasteiger partial charge in [0.1, 0.15) is 5.69 Å². The van der Waals surface area contributed by atoms with E-state index in [1.165, 1.54) is 0 Å². The fourth-order valence-electron chi connectivity index (χ4n) is 1.94. The van der Waals surface area contributed by atoms with Gasteiger partial charge in [-0.2, -0.15) is 0 Å². The molecule has 3 N–H and O–H groups in total. The SMILES string of the molecule is COCCc1ccccc1NC(=O)c1ccc(CN)cn1. The predicted molar refractivity (Wildman–Crippen MR) is 82.1 cm³/mol. The first kappa shape index (κ1) is 15.2. The number of hydrogen-bond donors (Lipinski definition) is 2. The maximum Gasteiger partial charge on any atom is 0.274 e. The van der Waals surface area contributed by atoms with Gasteiger partial charge in [-0.3, -0.25) is 9.78 Å². The second-order valence-electron chi connectivity index (χ2n) is 4.61. The van der Waals surface area contributed by atoms with E-state index in [2.05, 4.69) is 10.3 Å². The van der Waals surface area contributed by atoms with E-state index >= 15 is 0 Å². The van der Waals surface area contributed by atoms with Crippen molar-refractivity contribution in [2.24, 2.45) is 5.73 Å². The number of ether oxygens (including phenoxy) is 1. The third-order valence-electron chi connectivity index (χ3n) is 3.13. The number of aromatic nitrogens is 1. The summed E-state index contributed by atoms with van der Waals surface area (Å²) in [5.74, 6) is -0.233. The van der Waals surface area contributed by atoms with Crippen molar-refractivity contribution < 1.29 is 9.53 Å². The lowest BCUT2D eigenvalue weighted by molar-refractivity contribution is 0.102. The van der Waals surface area contributed by atoms with Crippen molar-refractivity contribution >= 4 is 11.6 Å². The van der Waals surface area contributed by atoms with Crippen LogP contribution in [0.2, 0.25) is 0 Å². The van der Waals surface area contributed by atoms with Crippen molar-refractivity contribution in [3.8, 4) is 0 Å². The first-order chi connectivity index (χ1) is 10.2. The molecule has 0 spiro atoms. The third-order valence-corrected chi connectivity index (χ3v) is 3.13. The molecule has 110 valence electrons. The Kier molecular flexibility index (Phi) is 5.43. The van der Waals surface area contributed by atoms with E-state index in [4.69, 9.17) is 10.5 Å². The highest BCUT2D eigenvalue weighted by Gasteiger charge is 2.10. The minimum Gasteiger partial charge on any atom is -0.384 e. The van der Waals surface area contributed by atoms with Crippen LogP contribution in [0.3, 0.4) is 0 Å². The smallest absolute Gasteiger partial charge is 0.274 e. The van der Waals surface area contributed by atoms with Crippen LogP contribution in [0.1, 0.15) is 21.6 Å². The maximum absolute atomic E-state index is 12.2. The molecule has 0 bridgehead atoms. The summed E-state index contributed by atoms with van der Waals surface area (Å²) in [7, 11) is 1.66. The Morgan fingerprint density at radius 2 is 2.10 bits per heavy atom. The van der Waals surface area contributed by atoms with Gasteiger partial charge in [-0.1, -0.05) is 24.3 Å². The Morgan fingerprint density at radius 1 is 1.29 bits per heavy atom. The van der Waals surface area contributed by atoms with Crippen LogP contribution in [0.4, 0.5) is 5.69 Å². The number of para-hydroxylation sites is 1. The lowest BCUT2D eigenvalue weighted by atomic mass is 10.1. The fraction of sp³-hybridized carbons (Fsp3) is 0.250. The highest BCUT2D eigenvalue weighted by Crippen LogP contribution is 2.16. The number of hydrogen-bond acceptors (Lipinski definition) is 4. The first-order valence-electron chi connectivity index (χ1n) is 6.77. The van der Waals surface area contributed by atoms with Crippen LogP contribution in [0.15, 0.2) is 42.6 Å². The quantitative estimate of drug-likeness (QED) is 0.850. The van der Waals surface area contributed by atoms with Gasteiger partial charge in [0, 0.05) is 25.5 Å². The number of rotatable bonds is 6. The van der Waals surface area contributed by atoms with E-state index in [1.54, 1.807) is 25.4 Å². The molecule has 0 fully saturated rings. The van der Waals surface area contributed by atoms with Crippen LogP contribution in [0.25, 0.3) is 0 Å². The number of anilines is 1. The Balaban J connectivity index is 2.11. The van der Waals surface area contributed by atoms with Crippen molar-refractivity contribution in [1.82, 2.24) is 4.98 Å². The highest BCUT2D eigenvalue weighted by atomic mass is 16.5. The number of methoxy groups -OCH3 is 1. The zero-order valence-electron chi connectivity index (χ0n) is 12.0. The van der Waals surface area contributed by atoms with Gasteiger partial charge in [0.15, 0.2) is 0 Å². The number of nitrogens with zero attached hydrogens (tertiary/aromatic N) is 1. The number of pyridine rings is 1. The molecule has 1 aromatic carbocycles. The molecule has 21 heavy (non-hydrogen) atoms. The Hall–Kier alpha value is -2.24. The van der Waals surface area contributed by atoms with Gasteiger partial charge >= 0.3 is 0 Å². The van der Waals surface area contributed by atoms with E-state index in [0.717, 1.165) is 23.2 Å². The molecule has 1 heterocycles. The summed E-state index contributed by atoms with van der Waals surface area (Å²) in [6, 6.07) is 11.1. The normalized spacial score (nSPS) is 10.4. The molecule has 0 atom stereocenters. The summed E-state index contributed by atoms with van der Waals surface area (Å²) < 4.78 is 5.08. The zero-order valence-corrected chi connectivity index (χ0v) is 12.0. The van der Waals surface area contributed by atoms with Gasteiger partial charge in [0.2, 0.25) is 0 Å². The number of nitrogens with two attached hydrogens (primary N) is 1. The third kappa shape index (κ3) is 4.11. The molecule has 0 saturated carbocycles. The lowest BCUT2D eigenvalue weighted by Gasteiger charge is -2.10. The van der Waals surface area contributed by atoms with Crippen molar-refractivity contribution in [1.29, 1.82) is 0 Å². The molecule has 0 radical (unpaired) electrons. The summed E-state index contributed by atoms with van der Waals surface area (Å²) >= 11 is 0. The summed E-state index contributed by atoms with van der Waals surface area (Å²) in [5.41, 5.74) is 8.59. The molecule has 2 rings (SSSR count). The monoisotopic (exact) mass is 285 g/mol. The van der Waals surface area contributed by atoms with Crippen molar-refractivity contribution in [3.05, 3.63) is 59.4 Å². The molecule has 0 aliphatic heterocycles. The van der Waals surface area contributed by atoms with Gasteiger partial charge in [0.25, 0.3) is 5.91 Å². The average Bonchev–Trinajstić information content (AvgIpc) is 2.54. The van der Waals surface area contributed by atoms with Crippen LogP contribution in [0.5, 0.6) is 0 Å². The van der Waals surface area contributed by atoms with Gasteiger partial charge in [-0.25, -0.2) is 0 Å². The molecule has 1 amide bonds. The minimum atomic E-state index is -0.233. The van der Waals surface area contributed by atoms with Gasteiger partial charge in [-0.05, 0) is 29.7 Å². The van der Waals surface area contributed by atoms with Crippen LogP contribution < -0.4 is 11.1 Å². The van der Waals surface area contributed by atoms with Crippen molar-refractivity contribution in [2.45, 2.75) is 13.0 Å². The molecule has 5 nitrogen and oxygen atoms in total. The Morgan fingerprint density at radius 3 is 2.76 bits per heavy atom. The minimum absolute atomic E-state index is 0.233. The van der Waals surface area contributed by atoms with E-state index < -0.39 is 0 Å². The summed E-state index contributed by atoms with van der Waals surface area (Å²) in [4.78, 5) is 16.3. The lowest BCUT2D eigenvalue weighted by Crippen LogP contribution is -2.15. The zero-order chi connectivity index (χ0) is 15.1. The van der Waals surface area contributed by atoms with Crippen LogP contribution in [0, 0.1) is 0 Å². The van der Waals surface area contributed by atoms with Crippen molar-refractivity contribution in [2.75, 3.05) is 19.0 Å².